The maximum absolute atomic E-state index is 10.1. The van der Waals surface area contributed by atoms with Gasteiger partial charge in [-0.3, -0.25) is 4.55 Å². The zero-order valence-electron chi connectivity index (χ0n) is 8.62. The predicted molar refractivity (Wildman–Crippen MR) is 51.8 cm³/mol. The van der Waals surface area contributed by atoms with Crippen LogP contribution in [-0.2, 0) is 10.1 Å². The van der Waals surface area contributed by atoms with Crippen molar-refractivity contribution in [1.29, 1.82) is 0 Å². The summed E-state index contributed by atoms with van der Waals surface area (Å²) in [6, 6.07) is 0. The largest absolute Gasteiger partial charge is 2.00 e. The van der Waals surface area contributed by atoms with E-state index in [1.807, 2.05) is 6.92 Å². The van der Waals surface area contributed by atoms with Gasteiger partial charge < -0.3 is 2.85 Å². The first kappa shape index (κ1) is 14.5. The van der Waals surface area contributed by atoms with Gasteiger partial charge in [-0.15, -0.1) is 11.8 Å². The molecule has 0 aliphatic rings. The van der Waals surface area contributed by atoms with E-state index in [1.165, 1.54) is 11.8 Å². The summed E-state index contributed by atoms with van der Waals surface area (Å²) in [5, 5.41) is -0.174. The van der Waals surface area contributed by atoms with Crippen LogP contribution in [0.5, 0.6) is 0 Å². The zero-order valence-corrected chi connectivity index (χ0v) is 9.66. The molecule has 0 rings (SSSR count). The Morgan fingerprint density at radius 3 is 2.45 bits per heavy atom. The number of thioether (sulfide) groups is 1. The molecule has 0 radical (unpaired) electrons. The quantitative estimate of drug-likeness (QED) is 0.421. The Bertz CT molecular complexity index is 175. The maximum atomic E-state index is 10.1. The summed E-state index contributed by atoms with van der Waals surface area (Å²) in [6.45, 7) is 2.04. The van der Waals surface area contributed by atoms with Gasteiger partial charge in [-0.25, -0.2) is 0 Å². The van der Waals surface area contributed by atoms with E-state index < -0.39 is 10.1 Å². The molecule has 6 heteroatoms. The van der Waals surface area contributed by atoms with Gasteiger partial charge in [0.15, 0.2) is 0 Å². The van der Waals surface area contributed by atoms with Gasteiger partial charge in [-0.1, -0.05) is 13.3 Å². The molecule has 0 amide bonds. The van der Waals surface area contributed by atoms with Crippen LogP contribution < -0.4 is 0 Å². The van der Waals surface area contributed by atoms with Gasteiger partial charge in [0.25, 0.3) is 10.1 Å². The molecule has 0 aromatic carbocycles. The van der Waals surface area contributed by atoms with Gasteiger partial charge in [-0.2, -0.15) is 8.42 Å². The molecule has 0 heterocycles. The van der Waals surface area contributed by atoms with Crippen molar-refractivity contribution in [3.8, 4) is 0 Å². The summed E-state index contributed by atoms with van der Waals surface area (Å²) in [5.74, 6) is 0.802. The van der Waals surface area contributed by atoms with Gasteiger partial charge in [-0.05, 0) is 12.2 Å². The van der Waals surface area contributed by atoms with E-state index in [-0.39, 0.29) is 31.0 Å². The van der Waals surface area contributed by atoms with Gasteiger partial charge >= 0.3 is 23.1 Å². The van der Waals surface area contributed by atoms with Crippen molar-refractivity contribution in [3.63, 3.8) is 0 Å². The van der Waals surface area contributed by atoms with Crippen molar-refractivity contribution < 1.29 is 15.8 Å². The van der Waals surface area contributed by atoms with Crippen molar-refractivity contribution >= 4 is 44.9 Å². The second-order valence-corrected chi connectivity index (χ2v) is 4.88. The fraction of sp³-hybridized carbons (Fsp3) is 1.00. The molecule has 1 N–H and O–H groups in total. The summed E-state index contributed by atoms with van der Waals surface area (Å²) in [5.41, 5.74) is 0. The van der Waals surface area contributed by atoms with Gasteiger partial charge in [0.2, 0.25) is 0 Å². The SMILES string of the molecule is CCCCSCS(=O)(=O)O.[H-].[H-].[Mg+2]. The Morgan fingerprint density at radius 1 is 1.55 bits per heavy atom. The predicted octanol–water partition coefficient (Wildman–Crippen LogP) is 1.21. The summed E-state index contributed by atoms with van der Waals surface area (Å²) in [7, 11) is -3.74. The summed E-state index contributed by atoms with van der Waals surface area (Å²) >= 11 is 1.25. The van der Waals surface area contributed by atoms with Crippen molar-refractivity contribution in [2.75, 3.05) is 10.8 Å². The molecule has 66 valence electrons. The topological polar surface area (TPSA) is 54.4 Å². The summed E-state index contributed by atoms with van der Waals surface area (Å²) < 4.78 is 28.5. The Labute approximate surface area is 91.2 Å². The van der Waals surface area contributed by atoms with Crippen LogP contribution in [0.2, 0.25) is 0 Å². The number of hydrogen-bond donors (Lipinski definition) is 1. The minimum atomic E-state index is -3.74. The van der Waals surface area contributed by atoms with E-state index in [9.17, 15) is 8.42 Å². The molecule has 11 heavy (non-hydrogen) atoms. The Morgan fingerprint density at radius 2 is 2.09 bits per heavy atom. The molecular weight excluding hydrogens is 196 g/mol. The average Bonchev–Trinajstić information content (AvgIpc) is 1.78. The molecule has 0 aromatic rings. The standard InChI is InChI=1S/C5H12O3S2.Mg.2H/c1-2-3-4-9-5-10(6,7)8;;;/h2-5H2,1H3,(H,6,7,8);;;/q;+2;2*-1. The van der Waals surface area contributed by atoms with Gasteiger partial charge in [0.1, 0.15) is 5.08 Å². The van der Waals surface area contributed by atoms with Crippen molar-refractivity contribution in [3.05, 3.63) is 0 Å². The number of hydrogen-bond acceptors (Lipinski definition) is 3. The van der Waals surface area contributed by atoms with E-state index >= 15 is 0 Å². The molecule has 0 aromatic heterocycles. The molecule has 3 nitrogen and oxygen atoms in total. The van der Waals surface area contributed by atoms with Crippen LogP contribution in [0, 0.1) is 0 Å². The van der Waals surface area contributed by atoms with E-state index in [0.29, 0.717) is 0 Å². The van der Waals surface area contributed by atoms with Crippen molar-refractivity contribution in [2.24, 2.45) is 0 Å². The number of rotatable bonds is 5. The molecule has 0 aliphatic carbocycles. The molecule has 0 saturated heterocycles. The third-order valence-electron chi connectivity index (χ3n) is 0.874. The molecule has 0 spiro atoms. The second-order valence-electron chi connectivity index (χ2n) is 1.96. The summed E-state index contributed by atoms with van der Waals surface area (Å²) in [4.78, 5) is 0. The van der Waals surface area contributed by atoms with Crippen LogP contribution in [0.15, 0.2) is 0 Å². The smallest absolute Gasteiger partial charge is 1.00 e. The van der Waals surface area contributed by atoms with E-state index in [4.69, 9.17) is 4.55 Å². The third kappa shape index (κ3) is 13.9. The van der Waals surface area contributed by atoms with Crippen LogP contribution in [0.25, 0.3) is 0 Å². The first-order valence-corrected chi connectivity index (χ1v) is 5.85. The molecule has 0 fully saturated rings. The van der Waals surface area contributed by atoms with Gasteiger partial charge in [0.05, 0.1) is 0 Å². The molecule has 0 saturated carbocycles. The van der Waals surface area contributed by atoms with E-state index in [2.05, 4.69) is 0 Å². The van der Waals surface area contributed by atoms with E-state index in [1.54, 1.807) is 0 Å². The van der Waals surface area contributed by atoms with Crippen LogP contribution >= 0.6 is 11.8 Å². The van der Waals surface area contributed by atoms with Crippen LogP contribution in [-0.4, -0.2) is 46.9 Å². The maximum Gasteiger partial charge on any atom is 2.00 e. The van der Waals surface area contributed by atoms with Crippen molar-refractivity contribution in [2.45, 2.75) is 19.8 Å². The zero-order chi connectivity index (χ0) is 8.04. The minimum Gasteiger partial charge on any atom is -1.00 e. The molecule has 0 bridgehead atoms. The Balaban J connectivity index is -0.000000135. The first-order chi connectivity index (χ1) is 4.56. The Kier molecular flexibility index (Phi) is 10.1. The van der Waals surface area contributed by atoms with Crippen molar-refractivity contribution in [1.82, 2.24) is 0 Å². The van der Waals surface area contributed by atoms with E-state index in [0.717, 1.165) is 18.6 Å². The Hall–Kier alpha value is 1.03. The van der Waals surface area contributed by atoms with Crippen LogP contribution in [0.1, 0.15) is 22.6 Å². The monoisotopic (exact) mass is 210 g/mol. The van der Waals surface area contributed by atoms with Crippen LogP contribution in [0.3, 0.4) is 0 Å². The molecule has 0 atom stereocenters. The third-order valence-corrected chi connectivity index (χ3v) is 3.31. The molecule has 0 unspecified atom stereocenters. The first-order valence-electron chi connectivity index (χ1n) is 3.09. The average molecular weight is 211 g/mol. The van der Waals surface area contributed by atoms with Crippen LogP contribution in [0.4, 0.5) is 0 Å². The fourth-order valence-corrected chi connectivity index (χ4v) is 2.22. The minimum absolute atomic E-state index is 0. The molecular formula is C5H14MgO3S2. The fourth-order valence-electron chi connectivity index (χ4n) is 0.411. The van der Waals surface area contributed by atoms with Gasteiger partial charge in [0, 0.05) is 0 Å². The summed E-state index contributed by atoms with van der Waals surface area (Å²) in [6.07, 6.45) is 2.05. The number of unbranched alkanes of at least 4 members (excludes halogenated alkanes) is 1. The normalized spacial score (nSPS) is 10.7. The second kappa shape index (κ2) is 7.66. The molecule has 0 aliphatic heterocycles.